The maximum Gasteiger partial charge on any atom is 0.316 e. The number of rotatable bonds is 7. The van der Waals surface area contributed by atoms with E-state index in [1.165, 1.54) is 5.69 Å². The molecule has 4 aromatic rings. The molecule has 1 N–H and O–H groups in total. The van der Waals surface area contributed by atoms with Crippen molar-refractivity contribution in [3.8, 4) is 17.3 Å². The quantitative estimate of drug-likeness (QED) is 0.421. The number of methoxy groups -OCH3 is 1. The van der Waals surface area contributed by atoms with Crippen LogP contribution in [0, 0.1) is 0 Å². The second-order valence-corrected chi connectivity index (χ2v) is 9.11. The van der Waals surface area contributed by atoms with Gasteiger partial charge >= 0.3 is 6.01 Å². The van der Waals surface area contributed by atoms with Crippen LogP contribution in [0.5, 0.6) is 6.01 Å². The maximum atomic E-state index is 5.21. The molecule has 0 atom stereocenters. The van der Waals surface area contributed by atoms with Gasteiger partial charge in [0.25, 0.3) is 0 Å². The number of fused-ring (bicyclic) bond motifs is 1. The lowest BCUT2D eigenvalue weighted by molar-refractivity contribution is 0.209. The van der Waals surface area contributed by atoms with E-state index in [2.05, 4.69) is 91.6 Å². The number of piperazine rings is 1. The van der Waals surface area contributed by atoms with Gasteiger partial charge in [-0.1, -0.05) is 6.92 Å². The third-order valence-corrected chi connectivity index (χ3v) is 6.74. The summed E-state index contributed by atoms with van der Waals surface area (Å²) in [6.07, 6.45) is 6.40. The molecule has 1 fully saturated rings. The van der Waals surface area contributed by atoms with Gasteiger partial charge in [0.1, 0.15) is 0 Å². The average molecular weight is 472 g/mol. The molecular weight excluding hydrogens is 438 g/mol. The fourth-order valence-electron chi connectivity index (χ4n) is 4.72. The normalized spacial score (nSPS) is 14.6. The number of aromatic nitrogens is 4. The first-order valence-corrected chi connectivity index (χ1v) is 12.3. The Bertz CT molecular complexity index is 1290. The molecular formula is C27H33N7O. The van der Waals surface area contributed by atoms with Crippen LogP contribution in [0.2, 0.25) is 0 Å². The Balaban J connectivity index is 1.36. The van der Waals surface area contributed by atoms with Gasteiger partial charge in [0.2, 0.25) is 0 Å². The van der Waals surface area contributed by atoms with Crippen molar-refractivity contribution in [2.24, 2.45) is 0 Å². The summed E-state index contributed by atoms with van der Waals surface area (Å²) in [7, 11) is 1.59. The number of anilines is 3. The summed E-state index contributed by atoms with van der Waals surface area (Å²) < 4.78 is 7.29. The highest BCUT2D eigenvalue weighted by Gasteiger charge is 2.19. The van der Waals surface area contributed by atoms with Crippen molar-refractivity contribution in [2.75, 3.05) is 43.5 Å². The molecule has 0 unspecified atom stereocenters. The van der Waals surface area contributed by atoms with Crippen LogP contribution in [0.25, 0.3) is 16.9 Å². The fraction of sp³-hybridized carbons (Fsp3) is 0.370. The van der Waals surface area contributed by atoms with Gasteiger partial charge in [-0.2, -0.15) is 4.98 Å². The van der Waals surface area contributed by atoms with Crippen LogP contribution in [0.1, 0.15) is 26.5 Å². The van der Waals surface area contributed by atoms with E-state index in [0.717, 1.165) is 66.6 Å². The zero-order valence-corrected chi connectivity index (χ0v) is 20.9. The fourth-order valence-corrected chi connectivity index (χ4v) is 4.72. The number of nitrogens with zero attached hydrogens (tertiary/aromatic N) is 6. The molecule has 0 amide bonds. The van der Waals surface area contributed by atoms with Crippen molar-refractivity contribution in [2.45, 2.75) is 33.2 Å². The largest absolute Gasteiger partial charge is 0.467 e. The SMILES string of the molecule is CCc1nc(OC)ncc1-c1ccc(Nc2ccc(N3CCN(C(C)C)CC3)cc2)c2nccn12. The molecule has 8 nitrogen and oxygen atoms in total. The van der Waals surface area contributed by atoms with Gasteiger partial charge in [-0.05, 0) is 56.7 Å². The monoisotopic (exact) mass is 471 g/mol. The van der Waals surface area contributed by atoms with Gasteiger partial charge in [-0.15, -0.1) is 0 Å². The van der Waals surface area contributed by atoms with E-state index in [9.17, 15) is 0 Å². The Morgan fingerprint density at radius 2 is 1.77 bits per heavy atom. The summed E-state index contributed by atoms with van der Waals surface area (Å²) in [5, 5.41) is 3.55. The summed E-state index contributed by atoms with van der Waals surface area (Å²) in [5.41, 5.74) is 7.03. The number of imidazole rings is 1. The van der Waals surface area contributed by atoms with Crippen LogP contribution in [0.3, 0.4) is 0 Å². The van der Waals surface area contributed by atoms with E-state index in [1.54, 1.807) is 7.11 Å². The molecule has 4 heterocycles. The topological polar surface area (TPSA) is 70.8 Å². The number of hydrogen-bond donors (Lipinski definition) is 1. The molecule has 1 saturated heterocycles. The highest BCUT2D eigenvalue weighted by molar-refractivity contribution is 5.78. The highest BCUT2D eigenvalue weighted by Crippen LogP contribution is 2.30. The lowest BCUT2D eigenvalue weighted by atomic mass is 10.1. The zero-order chi connectivity index (χ0) is 24.4. The second-order valence-electron chi connectivity index (χ2n) is 9.11. The molecule has 8 heteroatoms. The van der Waals surface area contributed by atoms with Gasteiger partial charge in [0, 0.05) is 67.7 Å². The second kappa shape index (κ2) is 9.92. The molecule has 0 saturated carbocycles. The molecule has 5 rings (SSSR count). The Morgan fingerprint density at radius 3 is 2.46 bits per heavy atom. The maximum absolute atomic E-state index is 5.21. The standard InChI is InChI=1S/C27H33N7O/c1-5-23-22(18-29-27(31-23)35-4)25-11-10-24(26-28-12-13-34(25)26)30-20-6-8-21(9-7-20)33-16-14-32(15-17-33)19(2)3/h6-13,18-19,30H,5,14-17H2,1-4H3. The number of ether oxygens (including phenoxy) is 1. The van der Waals surface area contributed by atoms with Gasteiger partial charge < -0.3 is 15.0 Å². The van der Waals surface area contributed by atoms with Crippen molar-refractivity contribution >= 4 is 22.7 Å². The van der Waals surface area contributed by atoms with Gasteiger partial charge in [0.05, 0.1) is 24.2 Å². The first-order valence-electron chi connectivity index (χ1n) is 12.3. The van der Waals surface area contributed by atoms with Crippen molar-refractivity contribution < 1.29 is 4.74 Å². The van der Waals surface area contributed by atoms with Crippen molar-refractivity contribution in [3.63, 3.8) is 0 Å². The summed E-state index contributed by atoms with van der Waals surface area (Å²) in [6, 6.07) is 13.8. The summed E-state index contributed by atoms with van der Waals surface area (Å²) in [4.78, 5) is 18.5. The lowest BCUT2D eigenvalue weighted by Crippen LogP contribution is -2.48. The third kappa shape index (κ3) is 4.66. The number of pyridine rings is 1. The van der Waals surface area contributed by atoms with Gasteiger partial charge in [0.15, 0.2) is 5.65 Å². The van der Waals surface area contributed by atoms with E-state index < -0.39 is 0 Å². The van der Waals surface area contributed by atoms with Gasteiger partial charge in [-0.25, -0.2) is 9.97 Å². The van der Waals surface area contributed by atoms with Crippen LogP contribution in [0.4, 0.5) is 17.1 Å². The Hall–Kier alpha value is -3.65. The predicted molar refractivity (Wildman–Crippen MR) is 141 cm³/mol. The number of aryl methyl sites for hydroxylation is 1. The van der Waals surface area contributed by atoms with E-state index in [-0.39, 0.29) is 0 Å². The number of benzene rings is 1. The molecule has 1 aliphatic heterocycles. The minimum absolute atomic E-state index is 0.385. The van der Waals surface area contributed by atoms with E-state index >= 15 is 0 Å². The predicted octanol–water partition coefficient (Wildman–Crippen LogP) is 4.64. The first-order chi connectivity index (χ1) is 17.1. The Kier molecular flexibility index (Phi) is 6.55. The molecule has 0 bridgehead atoms. The van der Waals surface area contributed by atoms with Crippen molar-refractivity contribution in [1.82, 2.24) is 24.3 Å². The lowest BCUT2D eigenvalue weighted by Gasteiger charge is -2.38. The van der Waals surface area contributed by atoms with Crippen LogP contribution in [-0.4, -0.2) is 63.6 Å². The molecule has 1 aromatic carbocycles. The van der Waals surface area contributed by atoms with Gasteiger partial charge in [-0.3, -0.25) is 9.30 Å². The molecule has 1 aliphatic rings. The minimum Gasteiger partial charge on any atom is -0.467 e. The minimum atomic E-state index is 0.385. The number of hydrogen-bond acceptors (Lipinski definition) is 7. The molecule has 0 aliphatic carbocycles. The Morgan fingerprint density at radius 1 is 1.00 bits per heavy atom. The highest BCUT2D eigenvalue weighted by atomic mass is 16.5. The van der Waals surface area contributed by atoms with E-state index in [1.807, 2.05) is 18.6 Å². The van der Waals surface area contributed by atoms with Crippen LogP contribution in [0.15, 0.2) is 55.0 Å². The van der Waals surface area contributed by atoms with Crippen molar-refractivity contribution in [3.05, 3.63) is 60.7 Å². The first kappa shape index (κ1) is 23.1. The van der Waals surface area contributed by atoms with Crippen molar-refractivity contribution in [1.29, 1.82) is 0 Å². The summed E-state index contributed by atoms with van der Waals surface area (Å²) >= 11 is 0. The van der Waals surface area contributed by atoms with E-state index in [4.69, 9.17) is 4.74 Å². The zero-order valence-electron chi connectivity index (χ0n) is 20.9. The summed E-state index contributed by atoms with van der Waals surface area (Å²) in [5.74, 6) is 0. The molecule has 0 spiro atoms. The molecule has 35 heavy (non-hydrogen) atoms. The number of nitrogens with one attached hydrogen (secondary N) is 1. The van der Waals surface area contributed by atoms with Crippen LogP contribution >= 0.6 is 0 Å². The summed E-state index contributed by atoms with van der Waals surface area (Å²) in [6.45, 7) is 11.0. The third-order valence-electron chi connectivity index (χ3n) is 6.74. The molecule has 3 aromatic heterocycles. The molecule has 182 valence electrons. The van der Waals surface area contributed by atoms with Crippen LogP contribution in [-0.2, 0) is 6.42 Å². The Labute approximate surface area is 206 Å². The van der Waals surface area contributed by atoms with E-state index in [0.29, 0.717) is 12.1 Å². The molecule has 0 radical (unpaired) electrons. The smallest absolute Gasteiger partial charge is 0.316 e. The average Bonchev–Trinajstić information content (AvgIpc) is 3.40. The van der Waals surface area contributed by atoms with Crippen LogP contribution < -0.4 is 15.0 Å².